The summed E-state index contributed by atoms with van der Waals surface area (Å²) in [4.78, 5) is 24.7. The summed E-state index contributed by atoms with van der Waals surface area (Å²) < 4.78 is 0. The maximum absolute atomic E-state index is 12.2. The van der Waals surface area contributed by atoms with Crippen molar-refractivity contribution < 1.29 is 14.7 Å². The van der Waals surface area contributed by atoms with Crippen molar-refractivity contribution in [3.8, 4) is 6.07 Å². The zero-order chi connectivity index (χ0) is 14.3. The van der Waals surface area contributed by atoms with E-state index in [0.717, 1.165) is 0 Å². The molecule has 2 atom stereocenters. The van der Waals surface area contributed by atoms with E-state index >= 15 is 0 Å². The predicted molar refractivity (Wildman–Crippen MR) is 67.6 cm³/mol. The van der Waals surface area contributed by atoms with E-state index in [-0.39, 0.29) is 12.3 Å². The van der Waals surface area contributed by atoms with Crippen molar-refractivity contribution in [1.82, 2.24) is 4.90 Å². The minimum atomic E-state index is -0.972. The molecule has 0 saturated carbocycles. The fourth-order valence-electron chi connectivity index (χ4n) is 1.63. The van der Waals surface area contributed by atoms with Gasteiger partial charge in [-0.05, 0) is 5.92 Å². The number of carboxylic acids is 1. The number of amides is 1. The molecule has 0 aliphatic carbocycles. The monoisotopic (exact) mass is 254 g/mol. The Bertz CT molecular complexity index is 334. The molecule has 0 heterocycles. The van der Waals surface area contributed by atoms with Crippen LogP contribution in [-0.4, -0.2) is 35.0 Å². The third kappa shape index (κ3) is 5.17. The quantitative estimate of drug-likeness (QED) is 0.750. The zero-order valence-corrected chi connectivity index (χ0v) is 11.5. The van der Waals surface area contributed by atoms with Crippen LogP contribution in [0.2, 0.25) is 0 Å². The van der Waals surface area contributed by atoms with Crippen molar-refractivity contribution in [2.24, 2.45) is 17.8 Å². The van der Waals surface area contributed by atoms with E-state index in [1.807, 2.05) is 19.9 Å². The minimum absolute atomic E-state index is 0.186. The molecule has 0 radical (unpaired) electrons. The molecule has 0 aromatic rings. The highest BCUT2D eigenvalue weighted by Crippen LogP contribution is 2.16. The molecular formula is C13H22N2O3. The maximum atomic E-state index is 12.2. The second-order valence-electron chi connectivity index (χ2n) is 5.00. The van der Waals surface area contributed by atoms with Gasteiger partial charge in [0.2, 0.25) is 5.91 Å². The molecule has 2 unspecified atom stereocenters. The Kier molecular flexibility index (Phi) is 7.03. The van der Waals surface area contributed by atoms with Crippen molar-refractivity contribution in [2.45, 2.75) is 34.1 Å². The van der Waals surface area contributed by atoms with Crippen LogP contribution >= 0.6 is 0 Å². The number of rotatable bonds is 7. The van der Waals surface area contributed by atoms with Crippen molar-refractivity contribution in [3.63, 3.8) is 0 Å². The van der Waals surface area contributed by atoms with Gasteiger partial charge >= 0.3 is 5.97 Å². The molecule has 1 N–H and O–H groups in total. The van der Waals surface area contributed by atoms with Crippen molar-refractivity contribution in [1.29, 1.82) is 5.26 Å². The van der Waals surface area contributed by atoms with E-state index < -0.39 is 17.8 Å². The first-order valence-electron chi connectivity index (χ1n) is 6.19. The summed E-state index contributed by atoms with van der Waals surface area (Å²) in [5, 5.41) is 17.5. The van der Waals surface area contributed by atoms with Crippen LogP contribution in [-0.2, 0) is 9.59 Å². The van der Waals surface area contributed by atoms with Crippen LogP contribution in [0, 0.1) is 29.1 Å². The summed E-state index contributed by atoms with van der Waals surface area (Å²) in [6.07, 6.45) is 0.270. The molecule has 18 heavy (non-hydrogen) atoms. The van der Waals surface area contributed by atoms with Gasteiger partial charge in [0.05, 0.1) is 18.4 Å². The summed E-state index contributed by atoms with van der Waals surface area (Å²) in [6.45, 7) is 8.04. The molecule has 0 spiro atoms. The standard InChI is InChI=1S/C13H22N2O3/c1-9(2)8-15(7-5-6-14)12(16)10(3)11(4)13(17)18/h9-11H,5,7-8H2,1-4H3,(H,17,18). The third-order valence-corrected chi connectivity index (χ3v) is 2.92. The molecule has 0 bridgehead atoms. The molecule has 0 fully saturated rings. The van der Waals surface area contributed by atoms with Gasteiger partial charge in [0.1, 0.15) is 0 Å². The normalized spacial score (nSPS) is 13.8. The van der Waals surface area contributed by atoms with Crippen LogP contribution in [0.3, 0.4) is 0 Å². The van der Waals surface area contributed by atoms with E-state index in [1.165, 1.54) is 6.92 Å². The number of nitrogens with zero attached hydrogens (tertiary/aromatic N) is 2. The van der Waals surface area contributed by atoms with Crippen molar-refractivity contribution >= 4 is 11.9 Å². The van der Waals surface area contributed by atoms with Gasteiger partial charge in [0.25, 0.3) is 0 Å². The van der Waals surface area contributed by atoms with E-state index in [2.05, 4.69) is 0 Å². The van der Waals surface area contributed by atoms with Gasteiger partial charge in [-0.15, -0.1) is 0 Å². The number of carbonyl (C=O) groups is 2. The molecule has 0 rings (SSSR count). The maximum Gasteiger partial charge on any atom is 0.307 e. The van der Waals surface area contributed by atoms with Gasteiger partial charge in [-0.2, -0.15) is 5.26 Å². The lowest BCUT2D eigenvalue weighted by molar-refractivity contribution is -0.149. The van der Waals surface area contributed by atoms with E-state index in [1.54, 1.807) is 11.8 Å². The number of aliphatic carboxylic acids is 1. The molecule has 0 aliphatic heterocycles. The van der Waals surface area contributed by atoms with Gasteiger partial charge in [-0.25, -0.2) is 0 Å². The average molecular weight is 254 g/mol. The molecule has 102 valence electrons. The Morgan fingerprint density at radius 2 is 1.78 bits per heavy atom. The zero-order valence-electron chi connectivity index (χ0n) is 11.5. The fourth-order valence-corrected chi connectivity index (χ4v) is 1.63. The molecule has 0 aromatic heterocycles. The Labute approximate surface area is 108 Å². The Hall–Kier alpha value is -1.57. The summed E-state index contributed by atoms with van der Waals surface area (Å²) in [6, 6.07) is 2.01. The summed E-state index contributed by atoms with van der Waals surface area (Å²) in [5.41, 5.74) is 0. The first-order chi connectivity index (χ1) is 8.31. The molecule has 0 aromatic carbocycles. The van der Waals surface area contributed by atoms with Gasteiger partial charge < -0.3 is 10.0 Å². The molecule has 0 aliphatic rings. The van der Waals surface area contributed by atoms with E-state index in [4.69, 9.17) is 10.4 Å². The fraction of sp³-hybridized carbons (Fsp3) is 0.769. The Morgan fingerprint density at radius 3 is 2.17 bits per heavy atom. The smallest absolute Gasteiger partial charge is 0.307 e. The lowest BCUT2D eigenvalue weighted by Gasteiger charge is -2.28. The van der Waals surface area contributed by atoms with Gasteiger partial charge in [-0.1, -0.05) is 27.7 Å². The van der Waals surface area contributed by atoms with Crippen LogP contribution in [0.25, 0.3) is 0 Å². The van der Waals surface area contributed by atoms with Gasteiger partial charge in [-0.3, -0.25) is 9.59 Å². The molecule has 5 heteroatoms. The third-order valence-electron chi connectivity index (χ3n) is 2.92. The highest BCUT2D eigenvalue weighted by Gasteiger charge is 2.29. The lowest BCUT2D eigenvalue weighted by Crippen LogP contribution is -2.41. The van der Waals surface area contributed by atoms with Gasteiger partial charge in [0.15, 0.2) is 0 Å². The van der Waals surface area contributed by atoms with Crippen molar-refractivity contribution in [3.05, 3.63) is 0 Å². The first kappa shape index (κ1) is 16.4. The SMILES string of the molecule is CC(C)CN(CCC#N)C(=O)C(C)C(C)C(=O)O. The second kappa shape index (κ2) is 7.70. The lowest BCUT2D eigenvalue weighted by atomic mass is 9.94. The largest absolute Gasteiger partial charge is 0.481 e. The van der Waals surface area contributed by atoms with Crippen LogP contribution in [0.5, 0.6) is 0 Å². The van der Waals surface area contributed by atoms with Crippen molar-refractivity contribution in [2.75, 3.05) is 13.1 Å². The minimum Gasteiger partial charge on any atom is -0.481 e. The number of hydrogen-bond acceptors (Lipinski definition) is 3. The van der Waals surface area contributed by atoms with Crippen LogP contribution < -0.4 is 0 Å². The number of hydrogen-bond donors (Lipinski definition) is 1. The molecule has 1 amide bonds. The van der Waals surface area contributed by atoms with E-state index in [9.17, 15) is 9.59 Å². The predicted octanol–water partition coefficient (Wildman–Crippen LogP) is 1.74. The molecular weight excluding hydrogens is 232 g/mol. The molecule has 5 nitrogen and oxygen atoms in total. The van der Waals surface area contributed by atoms with Crippen LogP contribution in [0.4, 0.5) is 0 Å². The molecule has 0 saturated heterocycles. The average Bonchev–Trinajstić information content (AvgIpc) is 2.30. The van der Waals surface area contributed by atoms with Gasteiger partial charge in [0, 0.05) is 19.0 Å². The summed E-state index contributed by atoms with van der Waals surface area (Å²) in [5.74, 6) is -2.15. The summed E-state index contributed by atoms with van der Waals surface area (Å²) in [7, 11) is 0. The Morgan fingerprint density at radius 1 is 1.22 bits per heavy atom. The second-order valence-corrected chi connectivity index (χ2v) is 5.00. The number of carboxylic acid groups (broad SMARTS) is 1. The number of nitriles is 1. The highest BCUT2D eigenvalue weighted by molar-refractivity contribution is 5.84. The first-order valence-corrected chi connectivity index (χ1v) is 6.19. The summed E-state index contributed by atoms with van der Waals surface area (Å²) >= 11 is 0. The van der Waals surface area contributed by atoms with Crippen LogP contribution in [0.1, 0.15) is 34.1 Å². The topological polar surface area (TPSA) is 81.4 Å². The number of carbonyl (C=O) groups excluding carboxylic acids is 1. The van der Waals surface area contributed by atoms with E-state index in [0.29, 0.717) is 19.0 Å². The Balaban J connectivity index is 4.72. The van der Waals surface area contributed by atoms with Crippen LogP contribution in [0.15, 0.2) is 0 Å². The highest BCUT2D eigenvalue weighted by atomic mass is 16.4.